The van der Waals surface area contributed by atoms with Crippen LogP contribution in [0.25, 0.3) is 0 Å². The Balaban J connectivity index is 1.85. The number of nitrogens with one attached hydrogen (secondary N) is 1. The Bertz CT molecular complexity index is 225. The van der Waals surface area contributed by atoms with E-state index in [9.17, 15) is 4.79 Å². The van der Waals surface area contributed by atoms with Crippen LogP contribution >= 0.6 is 0 Å². The first-order valence-electron chi connectivity index (χ1n) is 6.52. The summed E-state index contributed by atoms with van der Waals surface area (Å²) in [6.45, 7) is 2.14. The number of rotatable bonds is 2. The zero-order chi connectivity index (χ0) is 10.7. The van der Waals surface area contributed by atoms with E-state index in [4.69, 9.17) is 0 Å². The molecule has 2 aliphatic carbocycles. The maximum atomic E-state index is 12.1. The Morgan fingerprint density at radius 3 is 2.27 bits per heavy atom. The average molecular weight is 209 g/mol. The molecule has 2 heteroatoms. The zero-order valence-electron chi connectivity index (χ0n) is 9.85. The molecule has 0 heterocycles. The van der Waals surface area contributed by atoms with Crippen LogP contribution in [-0.4, -0.2) is 11.9 Å². The summed E-state index contributed by atoms with van der Waals surface area (Å²) in [7, 11) is 0. The van der Waals surface area contributed by atoms with E-state index in [2.05, 4.69) is 12.2 Å². The predicted octanol–water partition coefficient (Wildman–Crippen LogP) is 3.02. The molecule has 2 aliphatic rings. The highest BCUT2D eigenvalue weighted by molar-refractivity contribution is 5.82. The Hall–Kier alpha value is -0.530. The lowest BCUT2D eigenvalue weighted by Gasteiger charge is -2.28. The third-order valence-electron chi connectivity index (χ3n) is 4.20. The smallest absolute Gasteiger partial charge is 0.226 e. The minimum atomic E-state index is -0.0442. The third kappa shape index (κ3) is 2.53. The topological polar surface area (TPSA) is 29.1 Å². The Labute approximate surface area is 92.8 Å². The molecule has 0 bridgehead atoms. The highest BCUT2D eigenvalue weighted by atomic mass is 16.2. The van der Waals surface area contributed by atoms with Gasteiger partial charge in [-0.25, -0.2) is 0 Å². The molecule has 0 unspecified atom stereocenters. The number of hydrogen-bond donors (Lipinski definition) is 1. The van der Waals surface area contributed by atoms with Crippen molar-refractivity contribution in [2.75, 3.05) is 0 Å². The van der Waals surface area contributed by atoms with Crippen LogP contribution in [0.1, 0.15) is 64.7 Å². The molecule has 0 aromatic rings. The van der Waals surface area contributed by atoms with Gasteiger partial charge in [0.2, 0.25) is 5.91 Å². The molecule has 15 heavy (non-hydrogen) atoms. The van der Waals surface area contributed by atoms with Crippen molar-refractivity contribution in [3.05, 3.63) is 0 Å². The van der Waals surface area contributed by atoms with Crippen molar-refractivity contribution < 1.29 is 4.79 Å². The van der Waals surface area contributed by atoms with E-state index >= 15 is 0 Å². The molecule has 0 atom stereocenters. The van der Waals surface area contributed by atoms with Gasteiger partial charge in [-0.05, 0) is 25.7 Å². The second kappa shape index (κ2) is 4.54. The van der Waals surface area contributed by atoms with E-state index < -0.39 is 0 Å². The van der Waals surface area contributed by atoms with Crippen LogP contribution in [0.5, 0.6) is 0 Å². The van der Waals surface area contributed by atoms with Gasteiger partial charge < -0.3 is 5.32 Å². The molecule has 0 aromatic carbocycles. The van der Waals surface area contributed by atoms with Gasteiger partial charge in [-0.2, -0.15) is 0 Å². The molecule has 0 radical (unpaired) electrons. The summed E-state index contributed by atoms with van der Waals surface area (Å²) < 4.78 is 0. The lowest BCUT2D eigenvalue weighted by atomic mass is 9.86. The monoisotopic (exact) mass is 209 g/mol. The number of hydrogen-bond acceptors (Lipinski definition) is 1. The molecule has 1 amide bonds. The molecule has 2 saturated carbocycles. The first-order chi connectivity index (χ1) is 7.21. The highest BCUT2D eigenvalue weighted by Gasteiger charge is 2.36. The fourth-order valence-electron chi connectivity index (χ4n) is 2.99. The van der Waals surface area contributed by atoms with Gasteiger partial charge in [0.15, 0.2) is 0 Å². The molecular formula is C13H23NO. The third-order valence-corrected chi connectivity index (χ3v) is 4.20. The summed E-state index contributed by atoms with van der Waals surface area (Å²) in [6, 6.07) is 0.476. The zero-order valence-corrected chi connectivity index (χ0v) is 9.85. The maximum absolute atomic E-state index is 12.1. The molecular weight excluding hydrogens is 186 g/mol. The SMILES string of the molecule is CC1(C(=O)NC2CCCCC2)CCCC1. The van der Waals surface area contributed by atoms with Crippen molar-refractivity contribution in [3.63, 3.8) is 0 Å². The van der Waals surface area contributed by atoms with E-state index in [-0.39, 0.29) is 5.41 Å². The first kappa shape index (κ1) is 11.0. The lowest BCUT2D eigenvalue weighted by Crippen LogP contribution is -2.43. The van der Waals surface area contributed by atoms with Gasteiger partial charge in [-0.15, -0.1) is 0 Å². The normalized spacial score (nSPS) is 26.5. The van der Waals surface area contributed by atoms with E-state index in [1.807, 2.05) is 0 Å². The Morgan fingerprint density at radius 1 is 1.07 bits per heavy atom. The average Bonchev–Trinajstić information content (AvgIpc) is 2.68. The molecule has 2 nitrogen and oxygen atoms in total. The van der Waals surface area contributed by atoms with Crippen molar-refractivity contribution >= 4 is 5.91 Å². The summed E-state index contributed by atoms with van der Waals surface area (Å²) in [5, 5.41) is 3.26. The molecule has 0 aromatic heterocycles. The van der Waals surface area contributed by atoms with Crippen LogP contribution in [0.2, 0.25) is 0 Å². The highest BCUT2D eigenvalue weighted by Crippen LogP contribution is 2.38. The molecule has 86 valence electrons. The molecule has 0 spiro atoms. The van der Waals surface area contributed by atoms with Crippen LogP contribution in [-0.2, 0) is 4.79 Å². The first-order valence-corrected chi connectivity index (χ1v) is 6.52. The van der Waals surface area contributed by atoms with Gasteiger partial charge in [-0.1, -0.05) is 39.0 Å². The van der Waals surface area contributed by atoms with Crippen LogP contribution in [0.3, 0.4) is 0 Å². The Morgan fingerprint density at radius 2 is 1.67 bits per heavy atom. The minimum absolute atomic E-state index is 0.0442. The van der Waals surface area contributed by atoms with E-state index in [1.54, 1.807) is 0 Å². The molecule has 2 rings (SSSR count). The lowest BCUT2D eigenvalue weighted by molar-refractivity contribution is -0.130. The second-order valence-corrected chi connectivity index (χ2v) is 5.58. The van der Waals surface area contributed by atoms with Gasteiger partial charge in [-0.3, -0.25) is 4.79 Å². The van der Waals surface area contributed by atoms with Gasteiger partial charge >= 0.3 is 0 Å². The van der Waals surface area contributed by atoms with Gasteiger partial charge in [0.25, 0.3) is 0 Å². The Kier molecular flexibility index (Phi) is 3.32. The van der Waals surface area contributed by atoms with Gasteiger partial charge in [0.05, 0.1) is 0 Å². The van der Waals surface area contributed by atoms with Gasteiger partial charge in [0, 0.05) is 11.5 Å². The van der Waals surface area contributed by atoms with Crippen LogP contribution in [0.15, 0.2) is 0 Å². The van der Waals surface area contributed by atoms with Crippen molar-refractivity contribution in [2.24, 2.45) is 5.41 Å². The quantitative estimate of drug-likeness (QED) is 0.744. The summed E-state index contributed by atoms with van der Waals surface area (Å²) >= 11 is 0. The van der Waals surface area contributed by atoms with Crippen molar-refractivity contribution in [3.8, 4) is 0 Å². The number of carbonyl (C=O) groups is 1. The molecule has 0 aliphatic heterocycles. The van der Waals surface area contributed by atoms with E-state index in [1.165, 1.54) is 44.9 Å². The van der Waals surface area contributed by atoms with E-state index in [0.29, 0.717) is 11.9 Å². The largest absolute Gasteiger partial charge is 0.353 e. The number of carbonyl (C=O) groups excluding carboxylic acids is 1. The molecule has 1 N–H and O–H groups in total. The fourth-order valence-corrected chi connectivity index (χ4v) is 2.99. The summed E-state index contributed by atoms with van der Waals surface area (Å²) in [5.41, 5.74) is -0.0442. The van der Waals surface area contributed by atoms with E-state index in [0.717, 1.165) is 12.8 Å². The predicted molar refractivity (Wildman–Crippen MR) is 61.6 cm³/mol. The van der Waals surface area contributed by atoms with Crippen LogP contribution in [0, 0.1) is 5.41 Å². The van der Waals surface area contributed by atoms with Crippen molar-refractivity contribution in [1.82, 2.24) is 5.32 Å². The van der Waals surface area contributed by atoms with Crippen molar-refractivity contribution in [2.45, 2.75) is 70.8 Å². The summed E-state index contributed by atoms with van der Waals surface area (Å²) in [5.74, 6) is 0.326. The van der Waals surface area contributed by atoms with Crippen LogP contribution in [0.4, 0.5) is 0 Å². The molecule has 0 saturated heterocycles. The summed E-state index contributed by atoms with van der Waals surface area (Å²) in [4.78, 5) is 12.1. The van der Waals surface area contributed by atoms with Crippen molar-refractivity contribution in [1.29, 1.82) is 0 Å². The standard InChI is InChI=1S/C13H23NO/c1-13(9-5-6-10-13)12(15)14-11-7-3-2-4-8-11/h11H,2-10H2,1H3,(H,14,15). The number of amides is 1. The summed E-state index contributed by atoms with van der Waals surface area (Å²) in [6.07, 6.45) is 11.0. The molecule has 2 fully saturated rings. The minimum Gasteiger partial charge on any atom is -0.353 e. The van der Waals surface area contributed by atoms with Crippen LogP contribution < -0.4 is 5.32 Å². The fraction of sp³-hybridized carbons (Fsp3) is 0.923. The second-order valence-electron chi connectivity index (χ2n) is 5.58. The van der Waals surface area contributed by atoms with Gasteiger partial charge in [0.1, 0.15) is 0 Å². The maximum Gasteiger partial charge on any atom is 0.226 e.